The van der Waals surface area contributed by atoms with Gasteiger partial charge < -0.3 is 10.0 Å². The Kier molecular flexibility index (Phi) is 3.64. The third-order valence-electron chi connectivity index (χ3n) is 2.77. The van der Waals surface area contributed by atoms with Crippen LogP contribution in [0.3, 0.4) is 0 Å². The topological polar surface area (TPSA) is 66.3 Å². The SMILES string of the molecule is CC(C)CN(C)c1nc(C(=O)O)nc2ccccc12. The molecule has 0 spiro atoms. The zero-order chi connectivity index (χ0) is 14.0. The van der Waals surface area contributed by atoms with Crippen LogP contribution in [0.1, 0.15) is 24.5 Å². The summed E-state index contributed by atoms with van der Waals surface area (Å²) in [5, 5.41) is 9.96. The Balaban J connectivity index is 2.59. The van der Waals surface area contributed by atoms with Gasteiger partial charge in [0.15, 0.2) is 0 Å². The fourth-order valence-corrected chi connectivity index (χ4v) is 2.08. The van der Waals surface area contributed by atoms with Gasteiger partial charge in [0.2, 0.25) is 5.82 Å². The van der Waals surface area contributed by atoms with Crippen molar-refractivity contribution in [2.45, 2.75) is 13.8 Å². The molecule has 0 unspecified atom stereocenters. The highest BCUT2D eigenvalue weighted by Crippen LogP contribution is 2.23. The molecule has 0 saturated heterocycles. The second-order valence-electron chi connectivity index (χ2n) is 4.97. The summed E-state index contributed by atoms with van der Waals surface area (Å²) in [4.78, 5) is 21.3. The van der Waals surface area contributed by atoms with Crippen molar-refractivity contribution in [3.05, 3.63) is 30.1 Å². The zero-order valence-electron chi connectivity index (χ0n) is 11.3. The molecule has 2 rings (SSSR count). The highest BCUT2D eigenvalue weighted by molar-refractivity contribution is 5.93. The maximum Gasteiger partial charge on any atom is 0.374 e. The molecule has 0 atom stereocenters. The van der Waals surface area contributed by atoms with Gasteiger partial charge in [0.05, 0.1) is 5.52 Å². The van der Waals surface area contributed by atoms with E-state index in [1.165, 1.54) is 0 Å². The van der Waals surface area contributed by atoms with E-state index in [1.54, 1.807) is 6.07 Å². The van der Waals surface area contributed by atoms with Gasteiger partial charge in [-0.2, -0.15) is 0 Å². The number of aromatic carboxylic acids is 1. The molecule has 0 amide bonds. The number of hydrogen-bond donors (Lipinski definition) is 1. The molecular weight excluding hydrogens is 242 g/mol. The molecule has 1 aromatic heterocycles. The molecule has 1 N–H and O–H groups in total. The minimum Gasteiger partial charge on any atom is -0.475 e. The van der Waals surface area contributed by atoms with Crippen LogP contribution in [0.2, 0.25) is 0 Å². The van der Waals surface area contributed by atoms with Crippen molar-refractivity contribution in [3.63, 3.8) is 0 Å². The lowest BCUT2D eigenvalue weighted by Gasteiger charge is -2.22. The number of carboxylic acids is 1. The predicted octanol–water partition coefficient (Wildman–Crippen LogP) is 2.42. The highest BCUT2D eigenvalue weighted by atomic mass is 16.4. The van der Waals surface area contributed by atoms with Crippen LogP contribution in [0.15, 0.2) is 24.3 Å². The van der Waals surface area contributed by atoms with Crippen molar-refractivity contribution in [2.24, 2.45) is 5.92 Å². The number of hydrogen-bond acceptors (Lipinski definition) is 4. The van der Waals surface area contributed by atoms with Gasteiger partial charge in [-0.25, -0.2) is 14.8 Å². The molecule has 0 saturated carbocycles. The first-order valence-corrected chi connectivity index (χ1v) is 6.20. The Morgan fingerprint density at radius 2 is 2.00 bits per heavy atom. The van der Waals surface area contributed by atoms with Crippen molar-refractivity contribution in [1.82, 2.24) is 9.97 Å². The van der Waals surface area contributed by atoms with Crippen LogP contribution < -0.4 is 4.90 Å². The minimum atomic E-state index is -1.11. The minimum absolute atomic E-state index is 0.163. The number of aromatic nitrogens is 2. The number of carbonyl (C=O) groups is 1. The summed E-state index contributed by atoms with van der Waals surface area (Å²) in [7, 11) is 1.92. The molecule has 1 heterocycles. The Bertz CT molecular complexity index is 611. The molecule has 5 nitrogen and oxygen atoms in total. The zero-order valence-corrected chi connectivity index (χ0v) is 11.3. The van der Waals surface area contributed by atoms with Crippen molar-refractivity contribution in [3.8, 4) is 0 Å². The quantitative estimate of drug-likeness (QED) is 0.913. The number of benzene rings is 1. The van der Waals surface area contributed by atoms with Gasteiger partial charge >= 0.3 is 5.97 Å². The fourth-order valence-electron chi connectivity index (χ4n) is 2.08. The van der Waals surface area contributed by atoms with Gasteiger partial charge in [0, 0.05) is 19.0 Å². The number of fused-ring (bicyclic) bond motifs is 1. The van der Waals surface area contributed by atoms with Gasteiger partial charge in [0.1, 0.15) is 5.82 Å². The number of para-hydroxylation sites is 1. The van der Waals surface area contributed by atoms with Crippen LogP contribution in [0.5, 0.6) is 0 Å². The van der Waals surface area contributed by atoms with Crippen LogP contribution >= 0.6 is 0 Å². The van der Waals surface area contributed by atoms with Gasteiger partial charge in [-0.15, -0.1) is 0 Å². The molecule has 2 aromatic rings. The van der Waals surface area contributed by atoms with E-state index in [1.807, 2.05) is 30.1 Å². The monoisotopic (exact) mass is 259 g/mol. The molecule has 0 bridgehead atoms. The van der Waals surface area contributed by atoms with Gasteiger partial charge in [-0.05, 0) is 18.1 Å². The number of anilines is 1. The van der Waals surface area contributed by atoms with Crippen molar-refractivity contribution in [1.29, 1.82) is 0 Å². The van der Waals surface area contributed by atoms with E-state index in [9.17, 15) is 4.79 Å². The molecule has 100 valence electrons. The van der Waals surface area contributed by atoms with Gasteiger partial charge in [-0.1, -0.05) is 26.0 Å². The summed E-state index contributed by atoms with van der Waals surface area (Å²) < 4.78 is 0. The molecule has 0 aliphatic carbocycles. The van der Waals surface area contributed by atoms with E-state index in [0.29, 0.717) is 17.3 Å². The average Bonchev–Trinajstić information content (AvgIpc) is 2.36. The number of nitrogens with zero attached hydrogens (tertiary/aromatic N) is 3. The lowest BCUT2D eigenvalue weighted by molar-refractivity contribution is 0.0684. The lowest BCUT2D eigenvalue weighted by Crippen LogP contribution is -2.24. The normalized spacial score (nSPS) is 10.9. The summed E-state index contributed by atoms with van der Waals surface area (Å²) in [6.07, 6.45) is 0. The van der Waals surface area contributed by atoms with Crippen molar-refractivity contribution < 1.29 is 9.90 Å². The van der Waals surface area contributed by atoms with E-state index in [4.69, 9.17) is 5.11 Å². The first kappa shape index (κ1) is 13.3. The molecule has 0 aliphatic heterocycles. The lowest BCUT2D eigenvalue weighted by atomic mass is 10.2. The number of carboxylic acid groups (broad SMARTS) is 1. The van der Waals surface area contributed by atoms with Crippen LogP contribution in [-0.2, 0) is 0 Å². The van der Waals surface area contributed by atoms with Crippen LogP contribution in [0, 0.1) is 5.92 Å². The second kappa shape index (κ2) is 5.22. The summed E-state index contributed by atoms with van der Waals surface area (Å²) in [6.45, 7) is 5.02. The predicted molar refractivity (Wildman–Crippen MR) is 74.6 cm³/mol. The molecular formula is C14H17N3O2. The van der Waals surface area contributed by atoms with Crippen molar-refractivity contribution in [2.75, 3.05) is 18.5 Å². The fraction of sp³-hybridized carbons (Fsp3) is 0.357. The first-order valence-electron chi connectivity index (χ1n) is 6.20. The smallest absolute Gasteiger partial charge is 0.374 e. The second-order valence-corrected chi connectivity index (χ2v) is 4.97. The summed E-state index contributed by atoms with van der Waals surface area (Å²) >= 11 is 0. The van der Waals surface area contributed by atoms with E-state index >= 15 is 0 Å². The molecule has 0 fully saturated rings. The molecule has 1 aromatic carbocycles. The largest absolute Gasteiger partial charge is 0.475 e. The van der Waals surface area contributed by atoms with E-state index in [0.717, 1.165) is 11.9 Å². The third kappa shape index (κ3) is 2.81. The summed E-state index contributed by atoms with van der Waals surface area (Å²) in [5.74, 6) is -0.141. The maximum absolute atomic E-state index is 11.1. The maximum atomic E-state index is 11.1. The molecule has 5 heteroatoms. The van der Waals surface area contributed by atoms with Crippen LogP contribution in [-0.4, -0.2) is 34.6 Å². The number of rotatable bonds is 4. The molecule has 0 aliphatic rings. The van der Waals surface area contributed by atoms with E-state index in [2.05, 4.69) is 23.8 Å². The molecule has 0 radical (unpaired) electrons. The summed E-state index contributed by atoms with van der Waals surface area (Å²) in [6, 6.07) is 7.45. The Morgan fingerprint density at radius 3 is 2.63 bits per heavy atom. The third-order valence-corrected chi connectivity index (χ3v) is 2.77. The Labute approximate surface area is 111 Å². The highest BCUT2D eigenvalue weighted by Gasteiger charge is 2.15. The van der Waals surface area contributed by atoms with E-state index < -0.39 is 5.97 Å². The van der Waals surface area contributed by atoms with E-state index in [-0.39, 0.29) is 5.82 Å². The van der Waals surface area contributed by atoms with Crippen LogP contribution in [0.25, 0.3) is 10.9 Å². The first-order chi connectivity index (χ1) is 8.99. The van der Waals surface area contributed by atoms with Gasteiger partial charge in [-0.3, -0.25) is 0 Å². The summed E-state index contributed by atoms with van der Waals surface area (Å²) in [5.41, 5.74) is 0.653. The standard InChI is InChI=1S/C14H17N3O2/c1-9(2)8-17(3)13-10-6-4-5-7-11(10)15-12(16-13)14(18)19/h4-7,9H,8H2,1-3H3,(H,18,19). The molecule has 19 heavy (non-hydrogen) atoms. The Morgan fingerprint density at radius 1 is 1.32 bits per heavy atom. The van der Waals surface area contributed by atoms with Crippen LogP contribution in [0.4, 0.5) is 5.82 Å². The van der Waals surface area contributed by atoms with Crippen molar-refractivity contribution >= 4 is 22.7 Å². The average molecular weight is 259 g/mol. The van der Waals surface area contributed by atoms with Gasteiger partial charge in [0.25, 0.3) is 0 Å². The Hall–Kier alpha value is -2.17.